The van der Waals surface area contributed by atoms with Crippen LogP contribution in [-0.4, -0.2) is 20.2 Å². The zero-order valence-electron chi connectivity index (χ0n) is 18.4. The molecule has 0 radical (unpaired) electrons. The minimum absolute atomic E-state index is 0.0185. The van der Waals surface area contributed by atoms with Gasteiger partial charge in [-0.25, -0.2) is 4.79 Å². The molecule has 7 nitrogen and oxygen atoms in total. The maximum absolute atomic E-state index is 12.6. The van der Waals surface area contributed by atoms with E-state index in [9.17, 15) is 10.1 Å². The number of hydrogen-bond donors (Lipinski definition) is 1. The molecule has 0 amide bonds. The Balaban J connectivity index is 1.73. The van der Waals surface area contributed by atoms with Crippen molar-refractivity contribution in [2.75, 3.05) is 14.2 Å². The standard InChI is InChI=1S/C26H22N2O5/c1-15-5-4-6-16(11-15)26(29)32-18-8-10-20-23(13-18)33-25(28)21(14-27)24(20)19-9-7-17(30-2)12-22(19)31-3/h4-13,24H,28H2,1-3H3. The van der Waals surface area contributed by atoms with Crippen molar-refractivity contribution < 1.29 is 23.7 Å². The van der Waals surface area contributed by atoms with Crippen LogP contribution in [-0.2, 0) is 0 Å². The van der Waals surface area contributed by atoms with Gasteiger partial charge >= 0.3 is 5.97 Å². The molecule has 0 fully saturated rings. The van der Waals surface area contributed by atoms with Crippen molar-refractivity contribution in [1.82, 2.24) is 0 Å². The lowest BCUT2D eigenvalue weighted by molar-refractivity contribution is 0.0734. The van der Waals surface area contributed by atoms with Crippen LogP contribution >= 0.6 is 0 Å². The summed E-state index contributed by atoms with van der Waals surface area (Å²) in [6, 6.07) is 19.7. The fourth-order valence-electron chi connectivity index (χ4n) is 3.81. The number of aryl methyl sites for hydroxylation is 1. The summed E-state index contributed by atoms with van der Waals surface area (Å²) in [6.45, 7) is 1.90. The van der Waals surface area contributed by atoms with Gasteiger partial charge in [-0.2, -0.15) is 5.26 Å². The zero-order chi connectivity index (χ0) is 23.5. The van der Waals surface area contributed by atoms with Crippen LogP contribution in [0.15, 0.2) is 72.1 Å². The number of allylic oxidation sites excluding steroid dienone is 1. The third kappa shape index (κ3) is 4.19. The highest BCUT2D eigenvalue weighted by Crippen LogP contribution is 2.46. The molecule has 1 aliphatic heterocycles. The Kier molecular flexibility index (Phi) is 5.92. The van der Waals surface area contributed by atoms with Crippen molar-refractivity contribution in [2.24, 2.45) is 5.73 Å². The van der Waals surface area contributed by atoms with E-state index < -0.39 is 11.9 Å². The summed E-state index contributed by atoms with van der Waals surface area (Å²) in [5, 5.41) is 9.80. The molecule has 1 aliphatic rings. The van der Waals surface area contributed by atoms with Crippen LogP contribution in [0.3, 0.4) is 0 Å². The van der Waals surface area contributed by atoms with Gasteiger partial charge in [0.2, 0.25) is 5.88 Å². The van der Waals surface area contributed by atoms with Crippen LogP contribution < -0.4 is 24.7 Å². The minimum atomic E-state index is -0.527. The molecule has 0 saturated heterocycles. The molecule has 0 saturated carbocycles. The summed E-state index contributed by atoms with van der Waals surface area (Å²) in [4.78, 5) is 12.6. The van der Waals surface area contributed by atoms with Gasteiger partial charge in [0.05, 0.1) is 25.7 Å². The monoisotopic (exact) mass is 442 g/mol. The number of esters is 1. The molecule has 3 aromatic rings. The Labute approximate surface area is 191 Å². The van der Waals surface area contributed by atoms with E-state index in [4.69, 9.17) is 24.7 Å². The lowest BCUT2D eigenvalue weighted by Crippen LogP contribution is -2.21. The molecule has 33 heavy (non-hydrogen) atoms. The second-order valence-electron chi connectivity index (χ2n) is 7.49. The predicted molar refractivity (Wildman–Crippen MR) is 121 cm³/mol. The van der Waals surface area contributed by atoms with Gasteiger partial charge in [-0.05, 0) is 31.2 Å². The minimum Gasteiger partial charge on any atom is -0.497 e. The van der Waals surface area contributed by atoms with E-state index in [1.807, 2.05) is 19.1 Å². The average molecular weight is 442 g/mol. The molecule has 3 aromatic carbocycles. The number of nitriles is 1. The Hall–Kier alpha value is -4.44. The van der Waals surface area contributed by atoms with Gasteiger partial charge in [0, 0.05) is 23.3 Å². The lowest BCUT2D eigenvalue weighted by atomic mass is 9.83. The smallest absolute Gasteiger partial charge is 0.343 e. The van der Waals surface area contributed by atoms with Crippen molar-refractivity contribution in [3.05, 3.63) is 94.4 Å². The lowest BCUT2D eigenvalue weighted by Gasteiger charge is -2.27. The number of ether oxygens (including phenoxy) is 4. The number of benzene rings is 3. The third-order valence-corrected chi connectivity index (χ3v) is 5.41. The van der Waals surface area contributed by atoms with Gasteiger partial charge in [-0.15, -0.1) is 0 Å². The highest BCUT2D eigenvalue weighted by atomic mass is 16.5. The molecule has 1 heterocycles. The molecule has 4 rings (SSSR count). The molecule has 7 heteroatoms. The normalized spacial score (nSPS) is 14.5. The third-order valence-electron chi connectivity index (χ3n) is 5.41. The second-order valence-corrected chi connectivity index (χ2v) is 7.49. The quantitative estimate of drug-likeness (QED) is 0.460. The van der Waals surface area contributed by atoms with Gasteiger partial charge in [-0.3, -0.25) is 0 Å². The Morgan fingerprint density at radius 3 is 2.45 bits per heavy atom. The van der Waals surface area contributed by atoms with Crippen molar-refractivity contribution in [2.45, 2.75) is 12.8 Å². The van der Waals surface area contributed by atoms with Crippen LogP contribution in [0.1, 0.15) is 33.0 Å². The van der Waals surface area contributed by atoms with Crippen LogP contribution in [0.4, 0.5) is 0 Å². The van der Waals surface area contributed by atoms with Gasteiger partial charge in [0.1, 0.15) is 34.6 Å². The van der Waals surface area contributed by atoms with E-state index in [-0.39, 0.29) is 11.5 Å². The second kappa shape index (κ2) is 8.97. The Morgan fingerprint density at radius 1 is 1.00 bits per heavy atom. The first kappa shape index (κ1) is 21.8. The largest absolute Gasteiger partial charge is 0.497 e. The SMILES string of the molecule is COc1ccc(C2C(C#N)=C(N)Oc3cc(OC(=O)c4cccc(C)c4)ccc32)c(OC)c1. The van der Waals surface area contributed by atoms with Crippen LogP contribution in [0.25, 0.3) is 0 Å². The molecule has 1 atom stereocenters. The van der Waals surface area contributed by atoms with Gasteiger partial charge in [0.25, 0.3) is 0 Å². The molecule has 166 valence electrons. The maximum atomic E-state index is 12.6. The van der Waals surface area contributed by atoms with E-state index in [1.54, 1.807) is 62.8 Å². The van der Waals surface area contributed by atoms with Crippen LogP contribution in [0.2, 0.25) is 0 Å². The molecule has 1 unspecified atom stereocenters. The predicted octanol–water partition coefficient (Wildman–Crippen LogP) is 4.45. The van der Waals surface area contributed by atoms with Gasteiger partial charge < -0.3 is 24.7 Å². The first-order valence-corrected chi connectivity index (χ1v) is 10.2. The first-order valence-electron chi connectivity index (χ1n) is 10.2. The fraction of sp³-hybridized carbons (Fsp3) is 0.154. The number of carbonyl (C=O) groups is 1. The van der Waals surface area contributed by atoms with Crippen molar-refractivity contribution in [3.8, 4) is 29.1 Å². The van der Waals surface area contributed by atoms with E-state index in [0.29, 0.717) is 34.1 Å². The van der Waals surface area contributed by atoms with Crippen molar-refractivity contribution in [1.29, 1.82) is 5.26 Å². The van der Waals surface area contributed by atoms with E-state index in [0.717, 1.165) is 11.1 Å². The molecule has 0 spiro atoms. The summed E-state index contributed by atoms with van der Waals surface area (Å²) < 4.78 is 22.1. The van der Waals surface area contributed by atoms with Crippen LogP contribution in [0, 0.1) is 18.3 Å². The summed E-state index contributed by atoms with van der Waals surface area (Å²) in [5.74, 6) is 0.831. The molecular weight excluding hydrogens is 420 g/mol. The average Bonchev–Trinajstić information content (AvgIpc) is 2.82. The number of nitrogens with two attached hydrogens (primary N) is 1. The summed E-state index contributed by atoms with van der Waals surface area (Å²) >= 11 is 0. The van der Waals surface area contributed by atoms with E-state index in [2.05, 4.69) is 6.07 Å². The van der Waals surface area contributed by atoms with E-state index in [1.165, 1.54) is 0 Å². The summed E-state index contributed by atoms with van der Waals surface area (Å²) in [5.41, 5.74) is 9.18. The molecule has 0 aliphatic carbocycles. The number of nitrogens with zero attached hydrogens (tertiary/aromatic N) is 1. The topological polar surface area (TPSA) is 104 Å². The number of rotatable bonds is 5. The summed E-state index contributed by atoms with van der Waals surface area (Å²) in [7, 11) is 3.11. The zero-order valence-corrected chi connectivity index (χ0v) is 18.4. The van der Waals surface area contributed by atoms with Gasteiger partial charge in [-0.1, -0.05) is 29.8 Å². The molecule has 2 N–H and O–H groups in total. The summed E-state index contributed by atoms with van der Waals surface area (Å²) in [6.07, 6.45) is 0. The molecular formula is C26H22N2O5. The van der Waals surface area contributed by atoms with Gasteiger partial charge in [0.15, 0.2) is 0 Å². The Morgan fingerprint density at radius 2 is 1.76 bits per heavy atom. The fourth-order valence-corrected chi connectivity index (χ4v) is 3.81. The molecule has 0 aromatic heterocycles. The van der Waals surface area contributed by atoms with E-state index >= 15 is 0 Å². The maximum Gasteiger partial charge on any atom is 0.343 e. The highest BCUT2D eigenvalue weighted by molar-refractivity contribution is 5.91. The van der Waals surface area contributed by atoms with Crippen molar-refractivity contribution >= 4 is 5.97 Å². The van der Waals surface area contributed by atoms with Crippen molar-refractivity contribution in [3.63, 3.8) is 0 Å². The number of hydrogen-bond acceptors (Lipinski definition) is 7. The first-order chi connectivity index (χ1) is 15.9. The molecule has 0 bridgehead atoms. The number of carbonyl (C=O) groups excluding carboxylic acids is 1. The Bertz CT molecular complexity index is 1310. The van der Waals surface area contributed by atoms with Crippen LogP contribution in [0.5, 0.6) is 23.0 Å². The number of fused-ring (bicyclic) bond motifs is 1. The highest BCUT2D eigenvalue weighted by Gasteiger charge is 2.33. The number of methoxy groups -OCH3 is 2.